The van der Waals surface area contributed by atoms with Crippen molar-refractivity contribution in [2.24, 2.45) is 0 Å². The third kappa shape index (κ3) is 6.20. The Morgan fingerprint density at radius 2 is 1.93 bits per heavy atom. The number of sulfone groups is 1. The minimum absolute atomic E-state index is 0.0137. The summed E-state index contributed by atoms with van der Waals surface area (Å²) in [4.78, 5) is 3.43. The molecule has 3 heterocycles. The zero-order valence-electron chi connectivity index (χ0n) is 22.3. The van der Waals surface area contributed by atoms with Crippen LogP contribution in [0.25, 0.3) is 10.9 Å². The summed E-state index contributed by atoms with van der Waals surface area (Å²) in [6.45, 7) is 1.49. The molecular formula is C27H35N3O8S2. The number of para-hydroxylation sites is 1. The molecule has 2 atom stereocenters. The first-order valence-corrected chi connectivity index (χ1v) is 16.3. The molecule has 0 radical (unpaired) electrons. The number of piperidine rings is 1. The number of H-pyrrole nitrogens is 1. The molecule has 2 unspecified atom stereocenters. The molecule has 40 heavy (non-hydrogen) atoms. The molecule has 0 aliphatic carbocycles. The van der Waals surface area contributed by atoms with Crippen LogP contribution in [-0.2, 0) is 29.3 Å². The van der Waals surface area contributed by atoms with Crippen molar-refractivity contribution in [3.8, 4) is 5.75 Å². The highest BCUT2D eigenvalue weighted by Gasteiger charge is 2.45. The number of aliphatic hydroxyl groups is 1. The van der Waals surface area contributed by atoms with Gasteiger partial charge in [0.2, 0.25) is 19.9 Å². The molecule has 3 N–H and O–H groups in total. The summed E-state index contributed by atoms with van der Waals surface area (Å²) in [5.41, 5.74) is 0.401. The smallest absolute Gasteiger partial charge is 0.245 e. The van der Waals surface area contributed by atoms with E-state index in [2.05, 4.69) is 10.3 Å². The van der Waals surface area contributed by atoms with E-state index in [1.807, 2.05) is 24.3 Å². The largest absolute Gasteiger partial charge is 0.491 e. The fraction of sp³-hybridized carbons (Fsp3) is 0.481. The Labute approximate surface area is 234 Å². The first kappa shape index (κ1) is 29.0. The van der Waals surface area contributed by atoms with Crippen molar-refractivity contribution < 1.29 is 36.2 Å². The lowest BCUT2D eigenvalue weighted by molar-refractivity contribution is -0.0312. The van der Waals surface area contributed by atoms with Gasteiger partial charge < -0.3 is 29.6 Å². The van der Waals surface area contributed by atoms with Gasteiger partial charge in [0, 0.05) is 49.9 Å². The molecule has 2 aromatic carbocycles. The third-order valence-corrected chi connectivity index (χ3v) is 11.0. The number of sulfonamides is 1. The van der Waals surface area contributed by atoms with Crippen LogP contribution in [0.2, 0.25) is 0 Å². The minimum atomic E-state index is -3.63. The monoisotopic (exact) mass is 593 g/mol. The van der Waals surface area contributed by atoms with Crippen LogP contribution < -0.4 is 10.1 Å². The Balaban J connectivity index is 1.09. The van der Waals surface area contributed by atoms with Crippen molar-refractivity contribution in [3.05, 3.63) is 54.7 Å². The lowest BCUT2D eigenvalue weighted by atomic mass is 9.88. The molecule has 2 fully saturated rings. The van der Waals surface area contributed by atoms with E-state index < -0.39 is 31.9 Å². The van der Waals surface area contributed by atoms with E-state index >= 15 is 0 Å². The number of rotatable bonds is 11. The number of benzene rings is 2. The Bertz CT molecular complexity index is 1530. The number of fused-ring (bicyclic) bond motifs is 1. The van der Waals surface area contributed by atoms with E-state index in [4.69, 9.17) is 14.2 Å². The molecule has 5 rings (SSSR count). The quantitative estimate of drug-likeness (QED) is 0.303. The second-order valence-corrected chi connectivity index (χ2v) is 14.2. The highest BCUT2D eigenvalue weighted by Crippen LogP contribution is 2.38. The zero-order valence-corrected chi connectivity index (χ0v) is 23.9. The van der Waals surface area contributed by atoms with Gasteiger partial charge in [0.05, 0.1) is 17.1 Å². The van der Waals surface area contributed by atoms with Crippen LogP contribution in [0.3, 0.4) is 0 Å². The molecule has 2 saturated heterocycles. The Morgan fingerprint density at radius 3 is 2.70 bits per heavy atom. The van der Waals surface area contributed by atoms with Crippen LogP contribution >= 0.6 is 0 Å². The molecule has 218 valence electrons. The van der Waals surface area contributed by atoms with Crippen molar-refractivity contribution in [2.45, 2.75) is 46.8 Å². The number of aromatic nitrogens is 1. The van der Waals surface area contributed by atoms with Gasteiger partial charge in [-0.3, -0.25) is 0 Å². The van der Waals surface area contributed by atoms with Crippen molar-refractivity contribution in [3.63, 3.8) is 0 Å². The maximum absolute atomic E-state index is 13.3. The van der Waals surface area contributed by atoms with Gasteiger partial charge in [0.25, 0.3) is 0 Å². The second kappa shape index (κ2) is 11.8. The number of hydrogen-bond donors (Lipinski definition) is 3. The standard InChI is InChI=1S/C27H35N3O8S2/c1-36-19-39(32,33)23-6-4-5-22(13-23)37-18-21(31)15-28-20-14-27(38-17-20)9-11-30(12-10-27)40(34,35)26-16-29-25-8-3-2-7-24(25)26/h2-8,13,16,20-21,28-29,31H,9-12,14-15,17-19H2,1H3. The van der Waals surface area contributed by atoms with Crippen LogP contribution in [0.1, 0.15) is 19.3 Å². The van der Waals surface area contributed by atoms with Gasteiger partial charge in [-0.1, -0.05) is 24.3 Å². The van der Waals surface area contributed by atoms with Crippen molar-refractivity contribution >= 4 is 30.8 Å². The Morgan fingerprint density at radius 1 is 1.15 bits per heavy atom. The molecule has 13 heteroatoms. The zero-order chi connectivity index (χ0) is 28.4. The summed E-state index contributed by atoms with van der Waals surface area (Å²) in [5, 5.41) is 14.4. The van der Waals surface area contributed by atoms with E-state index in [1.54, 1.807) is 18.3 Å². The predicted octanol–water partition coefficient (Wildman–Crippen LogP) is 1.89. The molecule has 1 aromatic heterocycles. The first-order chi connectivity index (χ1) is 19.1. The van der Waals surface area contributed by atoms with Crippen LogP contribution in [0.5, 0.6) is 5.75 Å². The van der Waals surface area contributed by atoms with Crippen LogP contribution in [-0.4, -0.2) is 94.9 Å². The van der Waals surface area contributed by atoms with Crippen LogP contribution in [0, 0.1) is 0 Å². The summed E-state index contributed by atoms with van der Waals surface area (Å²) in [6, 6.07) is 13.5. The number of hydrogen-bond acceptors (Lipinski definition) is 9. The molecule has 11 nitrogen and oxygen atoms in total. The third-order valence-electron chi connectivity index (χ3n) is 7.53. The highest BCUT2D eigenvalue weighted by atomic mass is 32.2. The molecular weight excluding hydrogens is 558 g/mol. The van der Waals surface area contributed by atoms with Crippen molar-refractivity contribution in [1.29, 1.82) is 0 Å². The lowest BCUT2D eigenvalue weighted by Gasteiger charge is -2.38. The van der Waals surface area contributed by atoms with Gasteiger partial charge >= 0.3 is 0 Å². The van der Waals surface area contributed by atoms with Gasteiger partial charge in [-0.05, 0) is 43.5 Å². The average molecular weight is 594 g/mol. The van der Waals surface area contributed by atoms with E-state index in [1.165, 1.54) is 23.5 Å². The summed E-state index contributed by atoms with van der Waals surface area (Å²) in [7, 11) is -5.87. The summed E-state index contributed by atoms with van der Waals surface area (Å²) < 4.78 is 69.1. The maximum Gasteiger partial charge on any atom is 0.245 e. The molecule has 2 aliphatic rings. The Kier molecular flexibility index (Phi) is 8.53. The highest BCUT2D eigenvalue weighted by molar-refractivity contribution is 7.91. The summed E-state index contributed by atoms with van der Waals surface area (Å²) >= 11 is 0. The number of aliphatic hydroxyl groups excluding tert-OH is 1. The topological polar surface area (TPSA) is 147 Å². The van der Waals surface area contributed by atoms with Gasteiger partial charge in [-0.25, -0.2) is 16.8 Å². The number of ether oxygens (including phenoxy) is 3. The van der Waals surface area contributed by atoms with E-state index in [0.717, 1.165) is 11.9 Å². The molecule has 1 spiro atoms. The van der Waals surface area contributed by atoms with Crippen molar-refractivity contribution in [1.82, 2.24) is 14.6 Å². The average Bonchev–Trinajstić information content (AvgIpc) is 3.56. The van der Waals surface area contributed by atoms with Crippen LogP contribution in [0.4, 0.5) is 0 Å². The fourth-order valence-electron chi connectivity index (χ4n) is 5.39. The van der Waals surface area contributed by atoms with Crippen molar-refractivity contribution in [2.75, 3.05) is 45.9 Å². The minimum Gasteiger partial charge on any atom is -0.491 e. The van der Waals surface area contributed by atoms with Gasteiger partial charge in [0.1, 0.15) is 23.4 Å². The molecule has 0 saturated carbocycles. The first-order valence-electron chi connectivity index (χ1n) is 13.2. The van der Waals surface area contributed by atoms with E-state index in [-0.39, 0.29) is 29.7 Å². The predicted molar refractivity (Wildman–Crippen MR) is 148 cm³/mol. The SMILES string of the molecule is COCS(=O)(=O)c1cccc(OCC(O)CNC2COC3(CCN(S(=O)(=O)c4c[nH]c5ccccc45)CC3)C2)c1. The maximum atomic E-state index is 13.3. The lowest BCUT2D eigenvalue weighted by Crippen LogP contribution is -2.47. The summed E-state index contributed by atoms with van der Waals surface area (Å²) in [6.07, 6.45) is 2.66. The number of aromatic amines is 1. The molecule has 3 aromatic rings. The van der Waals surface area contributed by atoms with E-state index in [0.29, 0.717) is 48.6 Å². The number of methoxy groups -OCH3 is 1. The van der Waals surface area contributed by atoms with Gasteiger partial charge in [-0.2, -0.15) is 4.31 Å². The second-order valence-electron chi connectivity index (χ2n) is 10.4. The van der Waals surface area contributed by atoms with Gasteiger partial charge in [0.15, 0.2) is 5.94 Å². The number of nitrogens with one attached hydrogen (secondary N) is 2. The number of nitrogens with zero attached hydrogens (tertiary/aromatic N) is 1. The summed E-state index contributed by atoms with van der Waals surface area (Å²) in [5.74, 6) is -0.0833. The molecule has 0 bridgehead atoms. The van der Waals surface area contributed by atoms with Gasteiger partial charge in [-0.15, -0.1) is 0 Å². The normalized spacial score (nSPS) is 20.7. The fourth-order valence-corrected chi connectivity index (χ4v) is 8.02. The Hall–Kier alpha value is -2.52. The molecule has 0 amide bonds. The van der Waals surface area contributed by atoms with E-state index in [9.17, 15) is 21.9 Å². The molecule has 2 aliphatic heterocycles. The van der Waals surface area contributed by atoms with Crippen LogP contribution in [0.15, 0.2) is 64.5 Å².